The molecule has 2 aromatic carbocycles. The van der Waals surface area contributed by atoms with Gasteiger partial charge in [0.2, 0.25) is 0 Å². The van der Waals surface area contributed by atoms with E-state index < -0.39 is 29.7 Å². The lowest BCUT2D eigenvalue weighted by Gasteiger charge is -2.31. The van der Waals surface area contributed by atoms with Crippen LogP contribution in [0.3, 0.4) is 0 Å². The highest BCUT2D eigenvalue weighted by atomic mass is 35.5. The van der Waals surface area contributed by atoms with Gasteiger partial charge in [0, 0.05) is 13.1 Å². The van der Waals surface area contributed by atoms with Gasteiger partial charge in [0.25, 0.3) is 0 Å². The fraction of sp³-hybridized carbons (Fsp3) is 0.409. The minimum atomic E-state index is -4.56. The maximum absolute atomic E-state index is 13.3. The summed E-state index contributed by atoms with van der Waals surface area (Å²) in [6, 6.07) is 12.8. The molecule has 1 aliphatic rings. The van der Waals surface area contributed by atoms with Gasteiger partial charge in [0.1, 0.15) is 6.10 Å². The zero-order chi connectivity index (χ0) is 21.7. The van der Waals surface area contributed by atoms with Crippen LogP contribution in [0.15, 0.2) is 48.5 Å². The van der Waals surface area contributed by atoms with E-state index in [-0.39, 0.29) is 11.6 Å². The number of nitrogens with zero attached hydrogens (tertiary/aromatic N) is 1. The van der Waals surface area contributed by atoms with Crippen molar-refractivity contribution in [2.24, 2.45) is 5.92 Å². The van der Waals surface area contributed by atoms with Crippen molar-refractivity contribution >= 4 is 17.6 Å². The van der Waals surface area contributed by atoms with E-state index in [2.05, 4.69) is 0 Å². The molecule has 0 saturated carbocycles. The predicted octanol–water partition coefficient (Wildman–Crippen LogP) is 5.26. The first-order chi connectivity index (χ1) is 14.3. The zero-order valence-corrected chi connectivity index (χ0v) is 17.0. The average molecular weight is 442 g/mol. The number of aliphatic carboxylic acids is 1. The van der Waals surface area contributed by atoms with Crippen LogP contribution in [0.2, 0.25) is 5.02 Å². The molecule has 162 valence electrons. The number of ether oxygens (including phenoxy) is 1. The number of likely N-dealkylation sites (tertiary alicyclic amines) is 1. The van der Waals surface area contributed by atoms with Crippen LogP contribution in [-0.2, 0) is 15.7 Å². The van der Waals surface area contributed by atoms with Gasteiger partial charge in [-0.15, -0.1) is 0 Å². The van der Waals surface area contributed by atoms with Gasteiger partial charge in [0.05, 0.1) is 23.1 Å². The van der Waals surface area contributed by atoms with Crippen LogP contribution in [0.4, 0.5) is 13.2 Å². The van der Waals surface area contributed by atoms with Crippen molar-refractivity contribution in [2.75, 3.05) is 26.2 Å². The van der Waals surface area contributed by atoms with Crippen LogP contribution in [0.25, 0.3) is 0 Å². The Morgan fingerprint density at radius 3 is 2.60 bits per heavy atom. The lowest BCUT2D eigenvalue weighted by Crippen LogP contribution is -2.40. The van der Waals surface area contributed by atoms with E-state index >= 15 is 0 Å². The molecule has 1 N–H and O–H groups in total. The van der Waals surface area contributed by atoms with E-state index in [1.54, 1.807) is 24.3 Å². The summed E-state index contributed by atoms with van der Waals surface area (Å²) in [7, 11) is 0. The van der Waals surface area contributed by atoms with Crippen LogP contribution in [0.5, 0.6) is 0 Å². The minimum absolute atomic E-state index is 0.260. The number of alkyl halides is 3. The van der Waals surface area contributed by atoms with Gasteiger partial charge in [-0.05, 0) is 42.6 Å². The van der Waals surface area contributed by atoms with Crippen molar-refractivity contribution in [1.29, 1.82) is 0 Å². The zero-order valence-electron chi connectivity index (χ0n) is 16.2. The summed E-state index contributed by atoms with van der Waals surface area (Å²) in [6.45, 7) is 2.00. The van der Waals surface area contributed by atoms with Crippen molar-refractivity contribution in [3.05, 3.63) is 70.2 Å². The molecule has 1 saturated heterocycles. The Balaban J connectivity index is 1.75. The third-order valence-corrected chi connectivity index (χ3v) is 5.58. The van der Waals surface area contributed by atoms with Gasteiger partial charge in [-0.25, -0.2) is 0 Å². The second-order valence-corrected chi connectivity index (χ2v) is 7.78. The summed E-state index contributed by atoms with van der Waals surface area (Å²) in [5, 5.41) is 8.87. The number of carboxylic acids is 1. The third-order valence-electron chi connectivity index (χ3n) is 5.25. The maximum atomic E-state index is 13.3. The first-order valence-electron chi connectivity index (χ1n) is 9.74. The second kappa shape index (κ2) is 9.81. The van der Waals surface area contributed by atoms with Crippen molar-refractivity contribution in [2.45, 2.75) is 25.1 Å². The molecule has 3 rings (SSSR count). The van der Waals surface area contributed by atoms with Crippen LogP contribution in [0.1, 0.15) is 35.6 Å². The number of piperidine rings is 1. The van der Waals surface area contributed by atoms with Crippen LogP contribution in [-0.4, -0.2) is 42.2 Å². The number of halogens is 4. The highest BCUT2D eigenvalue weighted by Gasteiger charge is 2.34. The Kier molecular flexibility index (Phi) is 7.39. The Morgan fingerprint density at radius 1 is 1.20 bits per heavy atom. The number of rotatable bonds is 7. The number of hydrogen-bond acceptors (Lipinski definition) is 3. The number of benzene rings is 2. The van der Waals surface area contributed by atoms with E-state index in [0.29, 0.717) is 25.1 Å². The van der Waals surface area contributed by atoms with E-state index in [0.717, 1.165) is 24.6 Å². The summed E-state index contributed by atoms with van der Waals surface area (Å²) in [5.74, 6) is -1.20. The van der Waals surface area contributed by atoms with Gasteiger partial charge in [-0.2, -0.15) is 13.2 Å². The smallest absolute Gasteiger partial charge is 0.417 e. The second-order valence-electron chi connectivity index (χ2n) is 7.38. The first-order valence-corrected chi connectivity index (χ1v) is 10.1. The van der Waals surface area contributed by atoms with Gasteiger partial charge >= 0.3 is 12.1 Å². The van der Waals surface area contributed by atoms with Gasteiger partial charge in [-0.3, -0.25) is 4.79 Å². The molecule has 0 unspecified atom stereocenters. The number of carbonyl (C=O) groups is 1. The van der Waals surface area contributed by atoms with Crippen LogP contribution < -0.4 is 0 Å². The van der Waals surface area contributed by atoms with E-state index in [1.165, 1.54) is 12.1 Å². The molecule has 0 aliphatic carbocycles. The summed E-state index contributed by atoms with van der Waals surface area (Å²) in [5.41, 5.74) is 0.196. The normalized spacial score (nSPS) is 18.9. The quantitative estimate of drug-likeness (QED) is 0.636. The van der Waals surface area contributed by atoms with Gasteiger partial charge in [0.15, 0.2) is 0 Å². The maximum Gasteiger partial charge on any atom is 0.417 e. The molecule has 1 aliphatic heterocycles. The molecule has 0 aromatic heterocycles. The monoisotopic (exact) mass is 441 g/mol. The molecule has 1 fully saturated rings. The fourth-order valence-electron chi connectivity index (χ4n) is 3.70. The van der Waals surface area contributed by atoms with Crippen molar-refractivity contribution in [1.82, 2.24) is 4.90 Å². The Labute approximate surface area is 178 Å². The average Bonchev–Trinajstić information content (AvgIpc) is 2.72. The standard InChI is InChI=1S/C22H23ClF3NO3/c23-19-9-8-16(13-18(19)22(24,25)26)20(15-5-2-1-3-6-15)30-12-11-27-10-4-7-17(14-27)21(28)29/h1-3,5-6,8-9,13,17,20H,4,7,10-12,14H2,(H,28,29)/t17-,20-/m1/s1. The molecule has 1 heterocycles. The Hall–Kier alpha value is -2.09. The van der Waals surface area contributed by atoms with E-state index in [9.17, 15) is 23.1 Å². The number of carboxylic acid groups (broad SMARTS) is 1. The van der Waals surface area contributed by atoms with Crippen LogP contribution in [0, 0.1) is 5.92 Å². The molecule has 0 amide bonds. The molecule has 2 aromatic rings. The lowest BCUT2D eigenvalue weighted by molar-refractivity contribution is -0.143. The molecular weight excluding hydrogens is 419 g/mol. The van der Waals surface area contributed by atoms with Gasteiger partial charge in [-0.1, -0.05) is 48.0 Å². The Morgan fingerprint density at radius 2 is 1.93 bits per heavy atom. The molecule has 2 atom stereocenters. The van der Waals surface area contributed by atoms with E-state index in [4.69, 9.17) is 16.3 Å². The highest BCUT2D eigenvalue weighted by Crippen LogP contribution is 2.37. The summed E-state index contributed by atoms with van der Waals surface area (Å²) in [4.78, 5) is 13.3. The highest BCUT2D eigenvalue weighted by molar-refractivity contribution is 6.31. The summed E-state index contributed by atoms with van der Waals surface area (Å²) >= 11 is 5.76. The molecule has 0 radical (unpaired) electrons. The molecular formula is C22H23ClF3NO3. The SMILES string of the molecule is O=C(O)[C@@H]1CCCN(CCO[C@H](c2ccccc2)c2ccc(Cl)c(C(F)(F)F)c2)C1. The topological polar surface area (TPSA) is 49.8 Å². The lowest BCUT2D eigenvalue weighted by atomic mass is 9.98. The fourth-order valence-corrected chi connectivity index (χ4v) is 3.92. The van der Waals surface area contributed by atoms with Crippen molar-refractivity contribution in [3.63, 3.8) is 0 Å². The van der Waals surface area contributed by atoms with Gasteiger partial charge < -0.3 is 14.7 Å². The molecule has 4 nitrogen and oxygen atoms in total. The summed E-state index contributed by atoms with van der Waals surface area (Å²) < 4.78 is 46.0. The third kappa shape index (κ3) is 5.74. The molecule has 0 spiro atoms. The predicted molar refractivity (Wildman–Crippen MR) is 107 cm³/mol. The largest absolute Gasteiger partial charge is 0.481 e. The first kappa shape index (κ1) is 22.6. The molecule has 30 heavy (non-hydrogen) atoms. The molecule has 0 bridgehead atoms. The Bertz CT molecular complexity index is 860. The number of hydrogen-bond donors (Lipinski definition) is 1. The van der Waals surface area contributed by atoms with Crippen LogP contribution >= 0.6 is 11.6 Å². The van der Waals surface area contributed by atoms with E-state index in [1.807, 2.05) is 11.0 Å². The summed E-state index contributed by atoms with van der Waals surface area (Å²) in [6.07, 6.45) is -3.80. The molecule has 8 heteroatoms. The van der Waals surface area contributed by atoms with Crippen molar-refractivity contribution < 1.29 is 27.8 Å². The minimum Gasteiger partial charge on any atom is -0.481 e. The van der Waals surface area contributed by atoms with Crippen molar-refractivity contribution in [3.8, 4) is 0 Å².